The highest BCUT2D eigenvalue weighted by molar-refractivity contribution is 7.21. The number of nitrogens with one attached hydrogen (secondary N) is 2. The molecule has 0 heterocycles. The lowest BCUT2D eigenvalue weighted by atomic mass is 9.12. The first-order valence-corrected chi connectivity index (χ1v) is 29.7. The Labute approximate surface area is 573 Å². The molecule has 0 aliphatic rings. The van der Waals surface area contributed by atoms with Crippen molar-refractivity contribution in [3.8, 4) is 0 Å². The van der Waals surface area contributed by atoms with E-state index in [1.807, 2.05) is 0 Å². The molecule has 44 heteroatoms. The van der Waals surface area contributed by atoms with Crippen molar-refractivity contribution in [1.29, 1.82) is 0 Å². The Kier molecular flexibility index (Phi) is 28.2. The van der Waals surface area contributed by atoms with Crippen LogP contribution in [-0.4, -0.2) is 51.6 Å². The standard InChI is InChI=1S/2C24BF20.C9H21N.C6H15N/c2*26-5-1(6(27)14(35)21(42)13(5)34)25(2-7(28)15(36)22(43)16(37)8(2)29,3-9(30)17(38)23(44)18(39)10(3)31)4-11(32)19(40)24(45)20(41)12(4)33;1-4-7-10(8-5-2)9-6-3;1-4-7(5-2)6-3/h;;4-9H2,1-3H3;4-6H2,1-3H3/q2*-1;;/p+2. The minimum Gasteiger partial charge on any atom is -0.336 e. The summed E-state index contributed by atoms with van der Waals surface area (Å²) in [5.41, 5.74) is -28.7. The zero-order valence-corrected chi connectivity index (χ0v) is 53.6. The van der Waals surface area contributed by atoms with E-state index in [1.165, 1.54) is 58.5 Å². The van der Waals surface area contributed by atoms with Gasteiger partial charge in [0.1, 0.15) is 105 Å². The molecule has 0 unspecified atom stereocenters. The minimum absolute atomic E-state index is 1.27. The molecular formula is C63H38B2F40N2. The highest BCUT2D eigenvalue weighted by Crippen LogP contribution is 2.34. The smallest absolute Gasteiger partial charge is 0.200 e. The van der Waals surface area contributed by atoms with Crippen LogP contribution in [0.2, 0.25) is 0 Å². The van der Waals surface area contributed by atoms with E-state index in [1.54, 1.807) is 9.80 Å². The average molecular weight is 1600 g/mol. The summed E-state index contributed by atoms with van der Waals surface area (Å²) in [5.74, 6) is -143. The monoisotopic (exact) mass is 1600 g/mol. The molecule has 0 amide bonds. The number of hydrogen-bond donors (Lipinski definition) is 2. The largest absolute Gasteiger partial charge is 0.336 e. The maximum atomic E-state index is 15.4. The first-order chi connectivity index (χ1) is 49.6. The summed E-state index contributed by atoms with van der Waals surface area (Å²) < 4.78 is 588. The molecule has 2 N–H and O–H groups in total. The normalized spacial score (nSPS) is 11.8. The van der Waals surface area contributed by atoms with Gasteiger partial charge >= 0.3 is 0 Å². The van der Waals surface area contributed by atoms with Crippen LogP contribution in [0, 0.1) is 233 Å². The number of hydrogen-bond acceptors (Lipinski definition) is 0. The Balaban J connectivity index is 0.000000315. The van der Waals surface area contributed by atoms with Crippen molar-refractivity contribution >= 4 is 56.0 Å². The molecule has 107 heavy (non-hydrogen) atoms. The van der Waals surface area contributed by atoms with E-state index in [2.05, 4.69) is 41.5 Å². The lowest BCUT2D eigenvalue weighted by molar-refractivity contribution is -0.900. The van der Waals surface area contributed by atoms with Crippen LogP contribution in [0.15, 0.2) is 0 Å². The third kappa shape index (κ3) is 14.5. The van der Waals surface area contributed by atoms with Crippen LogP contribution < -0.4 is 53.5 Å². The molecule has 8 aromatic carbocycles. The summed E-state index contributed by atoms with van der Waals surface area (Å²) in [7, 11) is 0. The first-order valence-electron chi connectivity index (χ1n) is 29.7. The summed E-state index contributed by atoms with van der Waals surface area (Å²) in [6.07, 6.45) is -10.4. The van der Waals surface area contributed by atoms with E-state index >= 15 is 70.2 Å². The second-order valence-electron chi connectivity index (χ2n) is 22.4. The van der Waals surface area contributed by atoms with Gasteiger partial charge in [0, 0.05) is 0 Å². The fraction of sp³-hybridized carbons (Fsp3) is 0.238. The van der Waals surface area contributed by atoms with Crippen LogP contribution in [-0.2, 0) is 0 Å². The van der Waals surface area contributed by atoms with Gasteiger partial charge in [0.2, 0.25) is 0 Å². The van der Waals surface area contributed by atoms with Crippen molar-refractivity contribution in [3.05, 3.63) is 233 Å². The Hall–Kier alpha value is -8.99. The van der Waals surface area contributed by atoms with Gasteiger partial charge in [-0.25, -0.2) is 176 Å². The third-order valence-electron chi connectivity index (χ3n) is 16.7. The van der Waals surface area contributed by atoms with E-state index in [0.29, 0.717) is 0 Å². The van der Waals surface area contributed by atoms with Gasteiger partial charge in [0.15, 0.2) is 140 Å². The Bertz CT molecular complexity index is 3710. The van der Waals surface area contributed by atoms with Crippen LogP contribution in [0.5, 0.6) is 0 Å². The van der Waals surface area contributed by atoms with Crippen LogP contribution in [0.3, 0.4) is 0 Å². The molecule has 0 fully saturated rings. The summed E-state index contributed by atoms with van der Waals surface area (Å²) in [4.78, 5) is 3.47. The molecular weight excluding hydrogens is 1570 g/mol. The second kappa shape index (κ2) is 34.1. The van der Waals surface area contributed by atoms with Gasteiger partial charge in [0.05, 0.1) is 39.3 Å². The van der Waals surface area contributed by atoms with Crippen molar-refractivity contribution in [1.82, 2.24) is 0 Å². The highest BCUT2D eigenvalue weighted by atomic mass is 19.2. The molecule has 0 saturated carbocycles. The maximum Gasteiger partial charge on any atom is 0.200 e. The van der Waals surface area contributed by atoms with Gasteiger partial charge in [-0.05, 0) is 40.0 Å². The van der Waals surface area contributed by atoms with Crippen molar-refractivity contribution in [3.63, 3.8) is 0 Å². The second-order valence-corrected chi connectivity index (χ2v) is 22.4. The van der Waals surface area contributed by atoms with Gasteiger partial charge < -0.3 is 9.80 Å². The van der Waals surface area contributed by atoms with E-state index in [-0.39, 0.29) is 0 Å². The Morgan fingerprint density at radius 1 is 0.140 bits per heavy atom. The van der Waals surface area contributed by atoms with Crippen molar-refractivity contribution in [2.75, 3.05) is 39.3 Å². The molecule has 0 spiro atoms. The summed E-state index contributed by atoms with van der Waals surface area (Å²) >= 11 is 0. The van der Waals surface area contributed by atoms with Crippen molar-refractivity contribution in [2.24, 2.45) is 0 Å². The molecule has 2 nitrogen and oxygen atoms in total. The van der Waals surface area contributed by atoms with Gasteiger partial charge in [-0.2, -0.15) is 0 Å². The van der Waals surface area contributed by atoms with Crippen LogP contribution in [0.1, 0.15) is 60.8 Å². The van der Waals surface area contributed by atoms with E-state index in [9.17, 15) is 105 Å². The topological polar surface area (TPSA) is 8.88 Å². The molecule has 586 valence electrons. The fourth-order valence-corrected chi connectivity index (χ4v) is 11.9. The molecule has 8 rings (SSSR count). The van der Waals surface area contributed by atoms with Crippen LogP contribution in [0.25, 0.3) is 0 Å². The van der Waals surface area contributed by atoms with E-state index < -0.39 is 289 Å². The number of rotatable bonds is 17. The highest BCUT2D eigenvalue weighted by Gasteiger charge is 2.55. The molecule has 0 aliphatic carbocycles. The van der Waals surface area contributed by atoms with E-state index in [4.69, 9.17) is 0 Å². The lowest BCUT2D eigenvalue weighted by Crippen LogP contribution is -3.11. The summed E-state index contributed by atoms with van der Waals surface area (Å²) in [6.45, 7) is 21.4. The van der Waals surface area contributed by atoms with E-state index in [0.717, 1.165) is 0 Å². The SMILES string of the molecule is CCC[NH+](CCC)CCC.CC[NH+](CC)CC.Fc1c(F)c(F)c([B-](c2c(F)c(F)c(F)c(F)c2F)(c2c(F)c(F)c(F)c(F)c2F)c2c(F)c(F)c(F)c(F)c2F)c(F)c1F.Fc1c(F)c(F)c([B-](c2c(F)c(F)c(F)c(F)c2F)(c2c(F)c(F)c(F)c(F)c2F)c2c(F)c(F)c(F)c(F)c2F)c(F)c1F. The number of quaternary nitrogens is 2. The lowest BCUT2D eigenvalue weighted by Gasteiger charge is -2.44. The van der Waals surface area contributed by atoms with Gasteiger partial charge in [-0.3, -0.25) is 0 Å². The Morgan fingerprint density at radius 2 is 0.224 bits per heavy atom. The van der Waals surface area contributed by atoms with Crippen molar-refractivity contribution in [2.45, 2.75) is 60.8 Å². The summed E-state index contributed by atoms with van der Waals surface area (Å²) in [6, 6.07) is 0. The quantitative estimate of drug-likeness (QED) is 0.0389. The zero-order valence-electron chi connectivity index (χ0n) is 53.6. The van der Waals surface area contributed by atoms with Crippen LogP contribution in [0.4, 0.5) is 176 Å². The average Bonchev–Trinajstić information content (AvgIpc) is 0.687. The van der Waals surface area contributed by atoms with Gasteiger partial charge in [-0.1, -0.05) is 20.8 Å². The molecule has 0 saturated heterocycles. The first kappa shape index (κ1) is 88.6. The molecule has 0 bridgehead atoms. The summed E-state index contributed by atoms with van der Waals surface area (Å²) in [5, 5.41) is 0. The van der Waals surface area contributed by atoms with Crippen LogP contribution >= 0.6 is 0 Å². The third-order valence-corrected chi connectivity index (χ3v) is 16.7. The maximum absolute atomic E-state index is 15.4. The Morgan fingerprint density at radius 3 is 0.290 bits per heavy atom. The number of benzene rings is 8. The zero-order chi connectivity index (χ0) is 82.2. The molecule has 0 atom stereocenters. The van der Waals surface area contributed by atoms with Gasteiger partial charge in [0.25, 0.3) is 0 Å². The predicted octanol–water partition coefficient (Wildman–Crippen LogP) is 12.7. The number of halogens is 40. The molecule has 0 aliphatic heterocycles. The van der Waals surface area contributed by atoms with Gasteiger partial charge in [-0.15, -0.1) is 43.7 Å². The minimum atomic E-state index is -7.22. The predicted molar refractivity (Wildman–Crippen MR) is 297 cm³/mol. The molecule has 0 aromatic heterocycles. The fourth-order valence-electron chi connectivity index (χ4n) is 11.9. The molecule has 8 aromatic rings. The van der Waals surface area contributed by atoms with Crippen molar-refractivity contribution < 1.29 is 185 Å². The molecule has 0 radical (unpaired) electrons.